The number of benzene rings is 1. The molecule has 0 radical (unpaired) electrons. The first-order chi connectivity index (χ1) is 13.6. The van der Waals surface area contributed by atoms with Crippen LogP contribution in [0.4, 0.5) is 0 Å². The molecule has 1 N–H and O–H groups in total. The van der Waals surface area contributed by atoms with E-state index in [0.29, 0.717) is 5.92 Å². The molecule has 3 heterocycles. The Labute approximate surface area is 167 Å². The third kappa shape index (κ3) is 3.97. The van der Waals surface area contributed by atoms with E-state index in [-0.39, 0.29) is 5.92 Å². The summed E-state index contributed by atoms with van der Waals surface area (Å²) in [6, 6.07) is 8.20. The zero-order chi connectivity index (χ0) is 19.6. The smallest absolute Gasteiger partial charge is 0.159 e. The van der Waals surface area contributed by atoms with Gasteiger partial charge in [0.05, 0.1) is 5.60 Å². The van der Waals surface area contributed by atoms with Crippen LogP contribution in [0.25, 0.3) is 11.4 Å². The van der Waals surface area contributed by atoms with Gasteiger partial charge in [0.15, 0.2) is 5.82 Å². The van der Waals surface area contributed by atoms with Gasteiger partial charge < -0.3 is 9.84 Å². The zero-order valence-corrected chi connectivity index (χ0v) is 17.0. The second-order valence-electron chi connectivity index (χ2n) is 8.49. The molecular formula is C23H31N3O2. The third-order valence-electron chi connectivity index (χ3n) is 6.64. The van der Waals surface area contributed by atoms with Crippen LogP contribution in [-0.2, 0) is 11.3 Å². The highest BCUT2D eigenvalue weighted by molar-refractivity contribution is 5.59. The van der Waals surface area contributed by atoms with Gasteiger partial charge in [0.1, 0.15) is 0 Å². The van der Waals surface area contributed by atoms with Gasteiger partial charge >= 0.3 is 0 Å². The number of nitrogens with zero attached hydrogens (tertiary/aromatic N) is 3. The van der Waals surface area contributed by atoms with Crippen molar-refractivity contribution in [2.24, 2.45) is 11.8 Å². The Balaban J connectivity index is 1.38. The molecule has 0 unspecified atom stereocenters. The predicted molar refractivity (Wildman–Crippen MR) is 110 cm³/mol. The van der Waals surface area contributed by atoms with E-state index in [4.69, 9.17) is 4.74 Å². The van der Waals surface area contributed by atoms with Gasteiger partial charge in [-0.2, -0.15) is 0 Å². The Bertz CT molecular complexity index is 789. The fraction of sp³-hybridized carbons (Fsp3) is 0.565. The fourth-order valence-corrected chi connectivity index (χ4v) is 4.83. The molecule has 0 saturated carbocycles. The summed E-state index contributed by atoms with van der Waals surface area (Å²) in [5, 5.41) is 11.3. The monoisotopic (exact) mass is 381 g/mol. The Morgan fingerprint density at radius 2 is 1.89 bits per heavy atom. The minimum atomic E-state index is -0.550. The summed E-state index contributed by atoms with van der Waals surface area (Å²) < 4.78 is 5.48. The summed E-state index contributed by atoms with van der Waals surface area (Å²) in [5.74, 6) is 1.41. The van der Waals surface area contributed by atoms with Crippen LogP contribution in [0.5, 0.6) is 0 Å². The zero-order valence-electron chi connectivity index (χ0n) is 17.0. The van der Waals surface area contributed by atoms with Crippen LogP contribution in [0.2, 0.25) is 0 Å². The first-order valence-corrected chi connectivity index (χ1v) is 10.5. The lowest BCUT2D eigenvalue weighted by molar-refractivity contribution is -0.131. The predicted octanol–water partition coefficient (Wildman–Crippen LogP) is 3.45. The maximum absolute atomic E-state index is 11.3. The first kappa shape index (κ1) is 19.5. The van der Waals surface area contributed by atoms with E-state index < -0.39 is 5.60 Å². The topological polar surface area (TPSA) is 58.5 Å². The summed E-state index contributed by atoms with van der Waals surface area (Å²) >= 11 is 0. The average Bonchev–Trinajstić information content (AvgIpc) is 2.73. The maximum Gasteiger partial charge on any atom is 0.159 e. The first-order valence-electron chi connectivity index (χ1n) is 10.5. The van der Waals surface area contributed by atoms with Crippen LogP contribution in [0.15, 0.2) is 36.7 Å². The van der Waals surface area contributed by atoms with Crippen LogP contribution in [-0.4, -0.2) is 51.9 Å². The molecule has 0 bridgehead atoms. The van der Waals surface area contributed by atoms with E-state index in [1.165, 1.54) is 5.56 Å². The van der Waals surface area contributed by atoms with Crippen molar-refractivity contribution in [1.29, 1.82) is 0 Å². The summed E-state index contributed by atoms with van der Waals surface area (Å²) in [6.07, 6.45) is 6.68. The Kier molecular flexibility index (Phi) is 5.76. The molecule has 28 heavy (non-hydrogen) atoms. The average molecular weight is 382 g/mol. The Hall–Kier alpha value is -1.82. The van der Waals surface area contributed by atoms with Gasteiger partial charge in [-0.15, -0.1) is 0 Å². The highest BCUT2D eigenvalue weighted by atomic mass is 16.5. The number of aryl methyl sites for hydroxylation is 1. The van der Waals surface area contributed by atoms with Crippen LogP contribution < -0.4 is 0 Å². The highest BCUT2D eigenvalue weighted by Gasteiger charge is 2.45. The normalized spacial score (nSPS) is 27.0. The second-order valence-corrected chi connectivity index (χ2v) is 8.49. The van der Waals surface area contributed by atoms with Crippen molar-refractivity contribution in [2.75, 3.05) is 26.3 Å². The van der Waals surface area contributed by atoms with E-state index >= 15 is 0 Å². The minimum Gasteiger partial charge on any atom is -0.389 e. The van der Waals surface area contributed by atoms with Gasteiger partial charge in [0.25, 0.3) is 0 Å². The minimum absolute atomic E-state index is 0.261. The van der Waals surface area contributed by atoms with E-state index in [1.54, 1.807) is 0 Å². The summed E-state index contributed by atoms with van der Waals surface area (Å²) in [7, 11) is 0. The van der Waals surface area contributed by atoms with Gasteiger partial charge in [0, 0.05) is 56.4 Å². The number of piperidine rings is 1. The molecule has 1 aromatic carbocycles. The molecule has 2 saturated heterocycles. The van der Waals surface area contributed by atoms with Gasteiger partial charge in [0.2, 0.25) is 0 Å². The van der Waals surface area contributed by atoms with E-state index in [9.17, 15) is 5.11 Å². The number of aromatic nitrogens is 2. The molecule has 150 valence electrons. The van der Waals surface area contributed by atoms with Crippen LogP contribution in [0.1, 0.15) is 37.3 Å². The largest absolute Gasteiger partial charge is 0.389 e. The van der Waals surface area contributed by atoms with Crippen molar-refractivity contribution in [2.45, 2.75) is 45.3 Å². The molecule has 0 spiro atoms. The number of ether oxygens (including phenoxy) is 1. The van der Waals surface area contributed by atoms with Gasteiger partial charge in [-0.05, 0) is 43.6 Å². The van der Waals surface area contributed by atoms with Crippen molar-refractivity contribution in [1.82, 2.24) is 14.9 Å². The molecule has 0 amide bonds. The number of likely N-dealkylation sites (tertiary alicyclic amines) is 1. The number of hydrogen-bond donors (Lipinski definition) is 1. The van der Waals surface area contributed by atoms with Crippen molar-refractivity contribution >= 4 is 0 Å². The molecule has 2 aliphatic rings. The SMILES string of the molecule is Cc1ccccc1-c1ncc(CN2CC[C@@](O)(C3CCOCC3)[C@H](C)C2)cn1. The van der Waals surface area contributed by atoms with Crippen molar-refractivity contribution in [3.63, 3.8) is 0 Å². The third-order valence-corrected chi connectivity index (χ3v) is 6.64. The van der Waals surface area contributed by atoms with Gasteiger partial charge in [-0.3, -0.25) is 4.90 Å². The number of hydrogen-bond acceptors (Lipinski definition) is 5. The lowest BCUT2D eigenvalue weighted by atomic mass is 9.70. The number of rotatable bonds is 4. The molecular weight excluding hydrogens is 350 g/mol. The molecule has 0 aliphatic carbocycles. The van der Waals surface area contributed by atoms with E-state index in [2.05, 4.69) is 40.8 Å². The van der Waals surface area contributed by atoms with Crippen LogP contribution >= 0.6 is 0 Å². The molecule has 2 aromatic rings. The fourth-order valence-electron chi connectivity index (χ4n) is 4.83. The molecule has 2 fully saturated rings. The lowest BCUT2D eigenvalue weighted by Gasteiger charge is -2.48. The van der Waals surface area contributed by atoms with Crippen LogP contribution in [0.3, 0.4) is 0 Å². The van der Waals surface area contributed by atoms with Crippen molar-refractivity contribution in [3.8, 4) is 11.4 Å². The molecule has 2 atom stereocenters. The van der Waals surface area contributed by atoms with Crippen molar-refractivity contribution in [3.05, 3.63) is 47.8 Å². The van der Waals surface area contributed by atoms with Crippen molar-refractivity contribution < 1.29 is 9.84 Å². The number of aliphatic hydroxyl groups is 1. The van der Waals surface area contributed by atoms with E-state index in [1.807, 2.05) is 24.5 Å². The van der Waals surface area contributed by atoms with E-state index in [0.717, 1.165) is 69.1 Å². The Morgan fingerprint density at radius 3 is 2.57 bits per heavy atom. The quantitative estimate of drug-likeness (QED) is 0.879. The molecule has 1 aromatic heterocycles. The molecule has 2 aliphatic heterocycles. The second kappa shape index (κ2) is 8.27. The highest BCUT2D eigenvalue weighted by Crippen LogP contribution is 2.39. The molecule has 5 heteroatoms. The lowest BCUT2D eigenvalue weighted by Crippen LogP contribution is -2.55. The summed E-state index contributed by atoms with van der Waals surface area (Å²) in [4.78, 5) is 11.6. The van der Waals surface area contributed by atoms with Gasteiger partial charge in [-0.25, -0.2) is 9.97 Å². The standard InChI is InChI=1S/C23H31N3O2/c1-17-5-3-4-6-21(17)22-24-13-19(14-25-22)16-26-10-9-23(27,18(2)15-26)20-7-11-28-12-8-20/h3-6,13-14,18,20,27H,7-12,15-16H2,1-2H3/t18-,23+/m1/s1. The maximum atomic E-state index is 11.3. The summed E-state index contributed by atoms with van der Waals surface area (Å²) in [5.41, 5.74) is 2.85. The Morgan fingerprint density at radius 1 is 1.18 bits per heavy atom. The van der Waals surface area contributed by atoms with Crippen LogP contribution in [0, 0.1) is 18.8 Å². The van der Waals surface area contributed by atoms with Gasteiger partial charge in [-0.1, -0.05) is 31.2 Å². The molecule has 5 nitrogen and oxygen atoms in total. The molecule has 4 rings (SSSR count). The summed E-state index contributed by atoms with van der Waals surface area (Å²) in [6.45, 7) is 8.51.